The number of benzene rings is 3. The van der Waals surface area contributed by atoms with Gasteiger partial charge in [-0.05, 0) is 177 Å². The van der Waals surface area contributed by atoms with E-state index in [2.05, 4.69) is 41.2 Å². The molecule has 8 aliphatic rings. The molecular formula is C64H76N4O12. The molecule has 16 heteroatoms. The molecule has 3 aromatic carbocycles. The van der Waals surface area contributed by atoms with Crippen LogP contribution < -0.4 is 31.8 Å². The maximum absolute atomic E-state index is 15.8. The largest absolute Gasteiger partial charge is 0.508 e. The fourth-order valence-corrected chi connectivity index (χ4v) is 16.0. The lowest BCUT2D eigenvalue weighted by molar-refractivity contribution is -0.172. The predicted molar refractivity (Wildman–Crippen MR) is 300 cm³/mol. The van der Waals surface area contributed by atoms with Crippen LogP contribution >= 0.6 is 0 Å². The molecule has 80 heavy (non-hydrogen) atoms. The highest BCUT2D eigenvalue weighted by molar-refractivity contribution is 5.94. The Balaban J connectivity index is 1.07. The Kier molecular flexibility index (Phi) is 14.3. The predicted octanol–water partition coefficient (Wildman–Crippen LogP) is 7.04. The minimum atomic E-state index is -1.56. The first-order valence-corrected chi connectivity index (χ1v) is 29.0. The first kappa shape index (κ1) is 54.2. The summed E-state index contributed by atoms with van der Waals surface area (Å²) < 4.78 is 21.5. The topological polar surface area (TPSA) is 269 Å². The molecule has 0 saturated heterocycles. The number of nitrogens with two attached hydrogens (primary N) is 1. The average Bonchev–Trinajstić information content (AvgIpc) is 3.82. The van der Waals surface area contributed by atoms with Crippen molar-refractivity contribution in [2.24, 2.45) is 29.4 Å². The molecule has 4 aliphatic heterocycles. The first-order chi connectivity index (χ1) is 38.6. The number of nitrogens with one attached hydrogen (secondary N) is 3. The number of carbonyl (C=O) groups is 1. The molecular weight excluding hydrogens is 1020 g/mol. The smallest absolute Gasteiger partial charge is 0.337 e. The van der Waals surface area contributed by atoms with Crippen molar-refractivity contribution in [2.45, 2.75) is 152 Å². The summed E-state index contributed by atoms with van der Waals surface area (Å²) in [6.45, 7) is 5.97. The summed E-state index contributed by atoms with van der Waals surface area (Å²) in [5, 5.41) is 90.8. The zero-order valence-corrected chi connectivity index (χ0v) is 45.9. The van der Waals surface area contributed by atoms with Crippen LogP contribution in [0.5, 0.6) is 17.2 Å². The van der Waals surface area contributed by atoms with E-state index in [-0.39, 0.29) is 88.7 Å². The molecule has 16 nitrogen and oxygen atoms in total. The number of hydrogen-bond acceptors (Lipinski definition) is 16. The third-order valence-corrected chi connectivity index (χ3v) is 19.9. The van der Waals surface area contributed by atoms with Crippen LogP contribution in [0, 0.1) is 23.7 Å². The molecule has 2 fully saturated rings. The van der Waals surface area contributed by atoms with Crippen molar-refractivity contribution >= 4 is 16.9 Å². The number of phenolic OH excluding ortho intramolecular Hbond substituents is 2. The highest BCUT2D eigenvalue weighted by Gasteiger charge is 2.60. The number of carbonyl (C=O) groups excluding carboxylic acids is 1. The Morgan fingerprint density at radius 2 is 1.86 bits per heavy atom. The van der Waals surface area contributed by atoms with E-state index < -0.39 is 71.5 Å². The van der Waals surface area contributed by atoms with Crippen molar-refractivity contribution in [1.29, 1.82) is 0 Å². The van der Waals surface area contributed by atoms with Gasteiger partial charge in [0.15, 0.2) is 5.43 Å². The van der Waals surface area contributed by atoms with Gasteiger partial charge in [-0.25, -0.2) is 4.79 Å². The summed E-state index contributed by atoms with van der Waals surface area (Å²) in [5.41, 5.74) is 12.5. The van der Waals surface area contributed by atoms with Gasteiger partial charge in [-0.3, -0.25) is 10.1 Å². The number of rotatable bonds is 11. The number of aliphatic hydroxyl groups excluding tert-OH is 4. The van der Waals surface area contributed by atoms with Gasteiger partial charge in [0.2, 0.25) is 0 Å². The summed E-state index contributed by atoms with van der Waals surface area (Å²) in [7, 11) is 0. The molecule has 4 aromatic rings. The van der Waals surface area contributed by atoms with Crippen LogP contribution in [0.25, 0.3) is 11.0 Å². The van der Waals surface area contributed by atoms with Crippen molar-refractivity contribution in [2.75, 3.05) is 26.3 Å². The number of aryl methyl sites for hydroxylation is 1. The van der Waals surface area contributed by atoms with E-state index in [1.165, 1.54) is 5.57 Å². The van der Waals surface area contributed by atoms with Gasteiger partial charge in [-0.2, -0.15) is 0 Å². The highest BCUT2D eigenvalue weighted by atomic mass is 16.6. The van der Waals surface area contributed by atoms with E-state index in [0.717, 1.165) is 58.0 Å². The van der Waals surface area contributed by atoms with Gasteiger partial charge < -0.3 is 66.0 Å². The van der Waals surface area contributed by atoms with Gasteiger partial charge in [-0.1, -0.05) is 48.9 Å². The van der Waals surface area contributed by atoms with Crippen molar-refractivity contribution in [3.8, 4) is 17.2 Å². The van der Waals surface area contributed by atoms with Gasteiger partial charge in [0.05, 0.1) is 24.4 Å². The van der Waals surface area contributed by atoms with Crippen molar-refractivity contribution in [3.05, 3.63) is 156 Å². The quantitative estimate of drug-likeness (QED) is 0.0672. The van der Waals surface area contributed by atoms with Crippen molar-refractivity contribution in [1.82, 2.24) is 16.0 Å². The fraction of sp³-hybridized carbons (Fsp3) is 0.500. The number of dihydropyridines is 2. The zero-order valence-electron chi connectivity index (χ0n) is 45.9. The monoisotopic (exact) mass is 1090 g/mol. The van der Waals surface area contributed by atoms with Gasteiger partial charge in [0, 0.05) is 60.7 Å². The zero-order chi connectivity index (χ0) is 55.9. The molecule has 4 bridgehead atoms. The number of allylic oxidation sites excluding steroid dienone is 5. The lowest BCUT2D eigenvalue weighted by atomic mass is 9.61. The molecule has 0 amide bonds. The van der Waals surface area contributed by atoms with Crippen LogP contribution in [0.15, 0.2) is 115 Å². The summed E-state index contributed by atoms with van der Waals surface area (Å²) in [4.78, 5) is 30.4. The van der Waals surface area contributed by atoms with E-state index in [0.29, 0.717) is 81.3 Å². The molecule has 12 atom stereocenters. The Morgan fingerprint density at radius 3 is 2.65 bits per heavy atom. The van der Waals surface area contributed by atoms with E-state index >= 15 is 4.79 Å². The maximum Gasteiger partial charge on any atom is 0.337 e. The van der Waals surface area contributed by atoms with E-state index in [1.807, 2.05) is 44.2 Å². The minimum absolute atomic E-state index is 0.0139. The second-order valence-electron chi connectivity index (χ2n) is 24.1. The number of aliphatic hydroxyl groups is 5. The van der Waals surface area contributed by atoms with Crippen LogP contribution in [0.2, 0.25) is 0 Å². The lowest BCUT2D eigenvalue weighted by Crippen LogP contribution is -2.59. The molecule has 0 radical (unpaired) electrons. The molecule has 4 aliphatic carbocycles. The summed E-state index contributed by atoms with van der Waals surface area (Å²) in [6.07, 6.45) is 10.3. The molecule has 424 valence electrons. The number of esters is 1. The molecule has 12 N–H and O–H groups in total. The third-order valence-electron chi connectivity index (χ3n) is 19.9. The molecule has 1 aromatic heterocycles. The Hall–Kier alpha value is -6.40. The highest BCUT2D eigenvalue weighted by Crippen LogP contribution is 2.62. The van der Waals surface area contributed by atoms with Gasteiger partial charge in [0.25, 0.3) is 0 Å². The van der Waals surface area contributed by atoms with Crippen molar-refractivity contribution in [3.63, 3.8) is 0 Å². The summed E-state index contributed by atoms with van der Waals surface area (Å²) in [6, 6.07) is 14.2. The number of fused-ring (bicyclic) bond motifs is 10. The van der Waals surface area contributed by atoms with E-state index in [4.69, 9.17) is 19.6 Å². The van der Waals surface area contributed by atoms with Gasteiger partial charge in [0.1, 0.15) is 63.7 Å². The summed E-state index contributed by atoms with van der Waals surface area (Å²) in [5.74, 6) is -3.45. The third kappa shape index (κ3) is 8.96. The Labute approximate surface area is 465 Å². The number of hydrogen-bond donors (Lipinski definition) is 11. The maximum atomic E-state index is 15.8. The second-order valence-corrected chi connectivity index (χ2v) is 24.1. The summed E-state index contributed by atoms with van der Waals surface area (Å²) >= 11 is 0. The number of likely N-dealkylation sites (N-methyl/N-ethyl adjacent to an activating group) is 1. The number of ether oxygens (including phenoxy) is 2. The molecule has 5 heterocycles. The normalized spacial score (nSPS) is 30.9. The molecule has 1 unspecified atom stereocenters. The van der Waals surface area contributed by atoms with Crippen molar-refractivity contribution < 1.29 is 54.4 Å². The molecule has 0 spiro atoms. The molecule has 2 saturated carbocycles. The lowest BCUT2D eigenvalue weighted by Gasteiger charge is -2.52. The van der Waals surface area contributed by atoms with Crippen LogP contribution in [-0.4, -0.2) is 91.5 Å². The van der Waals surface area contributed by atoms with E-state index in [1.54, 1.807) is 12.1 Å². The Morgan fingerprint density at radius 1 is 1.02 bits per heavy atom. The standard InChI is InChI=1S/C64H76N4O12/c1-4-66-52-24-35-13-16-42-43-17-12-33-11-15-40(72)25-45(33)47(31-71)53(44-18-19-67-61(65)54(43)44)56-59-46(58(75)55-50(74)26-41(30-70)78-60(55)56)27-51(63(3,80-59)48(42)23-38(35)29-68-52)79-62(76)57-32(2)10-14-39-22-37(28-64(39,57)77)34-7-5-8-36(21-34)49(73)9-6-20-69/h5,7-8,11,15,18,21,24-26,29,37,39,42-43,47-49,51-53,66-73,75,77H,4,6,9-10,12-14,16-17,19-20,22-23,27-28,30-31,65H2,1-3H3/t37-,39+,42+,43-,47+,48-,49-,51+,52?,53-,63-,64+/m0/s1. The SMILES string of the molecule is CCNC1C=C2CC[C@@H]3[C@@H]4CCc5ccc(O)cc5[C@@H](CO)[C@H](C5=CCNC(N)=C54)c4c5c(c(O)c6c(=O)cc(CO)oc46)C[C@@H](OC(=O)C4=C(C)CC[C@@H]6C[C@H](c7cccc([C@@H](O)CCCO)c7)C[C@]46O)[C@@](C)(O5)[C@H]3CC2=CN1. The van der Waals surface area contributed by atoms with E-state index in [9.17, 15) is 40.5 Å². The van der Waals surface area contributed by atoms with Crippen LogP contribution in [0.4, 0.5) is 0 Å². The van der Waals surface area contributed by atoms with Crippen LogP contribution in [0.1, 0.15) is 148 Å². The number of aromatic hydroxyl groups is 2. The minimum Gasteiger partial charge on any atom is -0.508 e. The van der Waals surface area contributed by atoms with Crippen LogP contribution in [0.3, 0.4) is 0 Å². The van der Waals surface area contributed by atoms with Crippen LogP contribution in [-0.2, 0) is 29.0 Å². The fourth-order valence-electron chi connectivity index (χ4n) is 16.0. The second kappa shape index (κ2) is 21.2. The average molecular weight is 1090 g/mol. The van der Waals surface area contributed by atoms with Gasteiger partial charge in [-0.15, -0.1) is 0 Å². The van der Waals surface area contributed by atoms with Gasteiger partial charge >= 0.3 is 5.97 Å². The number of phenols is 2. The first-order valence-electron chi connectivity index (χ1n) is 29.0. The Bertz CT molecular complexity index is 3380. The molecule has 12 rings (SSSR count).